The van der Waals surface area contributed by atoms with Gasteiger partial charge in [0.25, 0.3) is 46.8 Å². The van der Waals surface area contributed by atoms with Gasteiger partial charge < -0.3 is 44.7 Å². The van der Waals surface area contributed by atoms with E-state index in [0.29, 0.717) is 67.8 Å². The quantitative estimate of drug-likeness (QED) is 0.0340. The van der Waals surface area contributed by atoms with Gasteiger partial charge in [0.15, 0.2) is 0 Å². The van der Waals surface area contributed by atoms with Crippen molar-refractivity contribution in [2.75, 3.05) is 27.2 Å². The van der Waals surface area contributed by atoms with Crippen LogP contribution < -0.4 is 15.4 Å². The number of ketones is 4. The fourth-order valence-corrected chi connectivity index (χ4v) is 11.8. The summed E-state index contributed by atoms with van der Waals surface area (Å²) >= 11 is 6.76. The molecule has 0 saturated carbocycles. The molecule has 19 heteroatoms. The van der Waals surface area contributed by atoms with Crippen LogP contribution in [0.25, 0.3) is 43.6 Å². The molecule has 4 heterocycles. The topological polar surface area (TPSA) is 229 Å². The zero-order valence-corrected chi connectivity index (χ0v) is 57.6. The summed E-state index contributed by atoms with van der Waals surface area (Å²) in [6.45, 7) is 1.99. The maximum Gasteiger partial charge on any atom is 0.295 e. The van der Waals surface area contributed by atoms with E-state index in [1.54, 1.807) is 43.8 Å². The summed E-state index contributed by atoms with van der Waals surface area (Å²) in [5.74, 6) is -3.43. The number of nitrogens with one attached hydrogen (secondary N) is 5. The van der Waals surface area contributed by atoms with Gasteiger partial charge in [0.2, 0.25) is 0 Å². The van der Waals surface area contributed by atoms with E-state index < -0.39 is 46.8 Å². The van der Waals surface area contributed by atoms with Crippen LogP contribution in [0, 0.1) is 0 Å². The number of nitrogens with zero attached hydrogens (tertiary/aromatic N) is 3. The highest BCUT2D eigenvalue weighted by Crippen LogP contribution is 2.27. The number of methoxy groups -OCH3 is 1. The zero-order chi connectivity index (χ0) is 69.8. The van der Waals surface area contributed by atoms with E-state index in [1.807, 2.05) is 242 Å². The molecule has 17 nitrogen and oxygen atoms in total. The molecular formula is C80H78Br2N8O9. The molecule has 0 aliphatic carbocycles. The molecule has 0 bridgehead atoms. The van der Waals surface area contributed by atoms with Gasteiger partial charge >= 0.3 is 0 Å². The van der Waals surface area contributed by atoms with Gasteiger partial charge in [-0.05, 0) is 101 Å². The Balaban J connectivity index is 0.000000214. The Bertz CT molecular complexity index is 4980. The lowest BCUT2D eigenvalue weighted by atomic mass is 10.1. The molecule has 0 aliphatic rings. The first-order valence-electron chi connectivity index (χ1n) is 31.7. The molecule has 99 heavy (non-hydrogen) atoms. The zero-order valence-electron chi connectivity index (χ0n) is 54.5. The Morgan fingerprint density at radius 1 is 0.424 bits per heavy atom. The number of Topliss-reactive ketones (excluding diaryl/α,β-unsaturated/α-hetero) is 4. The summed E-state index contributed by atoms with van der Waals surface area (Å²) in [5.41, 5.74) is 10.2. The number of hydrogen-bond acceptors (Lipinski definition) is 9. The van der Waals surface area contributed by atoms with Crippen molar-refractivity contribution in [3.05, 3.63) is 314 Å². The highest BCUT2D eigenvalue weighted by molar-refractivity contribution is 9.10. The van der Waals surface area contributed by atoms with Gasteiger partial charge in [-0.2, -0.15) is 0 Å². The van der Waals surface area contributed by atoms with E-state index in [9.17, 15) is 38.4 Å². The molecule has 0 atom stereocenters. The predicted molar refractivity (Wildman–Crippen MR) is 402 cm³/mol. The predicted octanol–water partition coefficient (Wildman–Crippen LogP) is 15.5. The SMILES string of the molecule is CN(Cc1ccccc1)C(=O)C(=O)c1c[nH]c2ccccc12.COc1ccc(CCNC(=O)C(=O)c2c[nH]c3ccc(Br)cc23)cc1.Cn1cc(C(=O)C(=O)N(Cc2ccccc2)Cc2ccccc2)c2ccccc21.O=C(NCCc1ccccc1)C(=O)c1c[nH]c2ccc(Br)cc12.[HH].[HH].[HH].[HH]. The van der Waals surface area contributed by atoms with Crippen molar-refractivity contribution in [3.63, 3.8) is 0 Å². The molecule has 506 valence electrons. The number of halogens is 2. The van der Waals surface area contributed by atoms with Crippen molar-refractivity contribution in [1.82, 2.24) is 40.0 Å². The van der Waals surface area contributed by atoms with Gasteiger partial charge in [-0.1, -0.05) is 202 Å². The van der Waals surface area contributed by atoms with Crippen LogP contribution in [0.15, 0.2) is 264 Å². The van der Waals surface area contributed by atoms with Crippen molar-refractivity contribution in [3.8, 4) is 5.75 Å². The molecule has 4 amide bonds. The van der Waals surface area contributed by atoms with Crippen LogP contribution in [0.3, 0.4) is 0 Å². The summed E-state index contributed by atoms with van der Waals surface area (Å²) in [6.07, 6.45) is 7.83. The molecule has 0 saturated heterocycles. The first-order chi connectivity index (χ1) is 48.0. The van der Waals surface area contributed by atoms with Crippen LogP contribution in [0.2, 0.25) is 0 Å². The molecule has 0 fully saturated rings. The molecule has 0 unspecified atom stereocenters. The Labute approximate surface area is 594 Å². The minimum Gasteiger partial charge on any atom is -0.497 e. The number of aryl methyl sites for hydroxylation is 1. The lowest BCUT2D eigenvalue weighted by Gasteiger charge is -2.22. The number of fused-ring (bicyclic) bond motifs is 4. The molecule has 9 aromatic carbocycles. The smallest absolute Gasteiger partial charge is 0.295 e. The van der Waals surface area contributed by atoms with E-state index in [0.717, 1.165) is 86.1 Å². The number of carbonyl (C=O) groups is 8. The number of amides is 4. The lowest BCUT2D eigenvalue weighted by Crippen LogP contribution is -2.35. The highest BCUT2D eigenvalue weighted by atomic mass is 79.9. The maximum atomic E-state index is 13.3. The summed E-state index contributed by atoms with van der Waals surface area (Å²) in [5, 5.41) is 8.40. The summed E-state index contributed by atoms with van der Waals surface area (Å²) in [4.78, 5) is 112. The molecule has 4 aromatic heterocycles. The number of aromatic amines is 3. The van der Waals surface area contributed by atoms with Crippen molar-refractivity contribution >= 4 is 122 Å². The fourth-order valence-electron chi connectivity index (χ4n) is 11.1. The Morgan fingerprint density at radius 2 is 0.818 bits per heavy atom. The molecule has 0 radical (unpaired) electrons. The van der Waals surface area contributed by atoms with Gasteiger partial charge in [-0.3, -0.25) is 38.4 Å². The number of H-pyrrole nitrogens is 3. The fraction of sp³-hybridized carbons (Fsp3) is 0.125. The minimum atomic E-state index is -0.602. The Kier molecular flexibility index (Phi) is 24.1. The van der Waals surface area contributed by atoms with Crippen LogP contribution in [0.4, 0.5) is 0 Å². The van der Waals surface area contributed by atoms with Gasteiger partial charge in [0.1, 0.15) is 5.75 Å². The third kappa shape index (κ3) is 18.3. The van der Waals surface area contributed by atoms with Crippen molar-refractivity contribution < 1.29 is 48.8 Å². The van der Waals surface area contributed by atoms with Crippen molar-refractivity contribution in [1.29, 1.82) is 0 Å². The normalized spacial score (nSPS) is 10.7. The van der Waals surface area contributed by atoms with E-state index in [1.165, 1.54) is 4.90 Å². The molecule has 13 rings (SSSR count). The first-order valence-corrected chi connectivity index (χ1v) is 33.3. The van der Waals surface area contributed by atoms with Crippen molar-refractivity contribution in [2.24, 2.45) is 7.05 Å². The average Bonchev–Trinajstić information content (AvgIpc) is 1.72. The lowest BCUT2D eigenvalue weighted by molar-refractivity contribution is -0.127. The number of aromatic nitrogens is 4. The molecule has 13 aromatic rings. The monoisotopic (exact) mass is 1450 g/mol. The largest absolute Gasteiger partial charge is 0.497 e. The standard InChI is InChI=1S/C25H22N2O2.C19H17BrN2O3.C18H15BrN2O2.C18H16N2O2.4H2/c1-26-18-22(21-14-8-9-15-23(21)26)24(28)25(29)27(16-19-10-4-2-5-11-19)17-20-12-6-3-7-13-20;1-25-14-5-2-12(3-6-14)8-9-21-19(24)18(23)16-11-22-17-7-4-13(20)10-15(16)17;19-13-6-7-16-14(10-13)15(11-21-16)17(22)18(23)20-9-8-12-4-2-1-3-5-12;1-20(12-13-7-3-2-4-8-13)18(22)17(21)15-11-19-16-10-6-5-9-14(15)16;;;;/h2-15,18H,16-17H2,1H3;2-7,10-11,22H,8-9H2,1H3,(H,21,24);1-7,10-11,21H,8-9H2,(H,20,23);2-11,19H,12H2,1H3;4*1H. The number of ether oxygens (including phenoxy) is 1. The third-order valence-electron chi connectivity index (χ3n) is 16.3. The first kappa shape index (κ1) is 70.3. The summed E-state index contributed by atoms with van der Waals surface area (Å²) in [6, 6.07) is 72.8. The Morgan fingerprint density at radius 3 is 1.30 bits per heavy atom. The van der Waals surface area contributed by atoms with E-state index >= 15 is 0 Å². The molecule has 5 N–H and O–H groups in total. The van der Waals surface area contributed by atoms with Crippen LogP contribution >= 0.6 is 31.9 Å². The number of rotatable bonds is 21. The second kappa shape index (κ2) is 33.9. The van der Waals surface area contributed by atoms with Crippen LogP contribution in [-0.2, 0) is 58.7 Å². The minimum absolute atomic E-state index is 0. The van der Waals surface area contributed by atoms with Crippen molar-refractivity contribution in [2.45, 2.75) is 32.5 Å². The van der Waals surface area contributed by atoms with E-state index in [4.69, 9.17) is 4.74 Å². The van der Waals surface area contributed by atoms with E-state index in [2.05, 4.69) is 57.4 Å². The highest BCUT2D eigenvalue weighted by Gasteiger charge is 2.28. The average molecular weight is 1460 g/mol. The number of benzene rings is 9. The number of likely N-dealkylation sites (N-methyl/N-ethyl adjacent to an activating group) is 1. The second-order valence-electron chi connectivity index (χ2n) is 23.1. The molecule has 0 spiro atoms. The second-order valence-corrected chi connectivity index (χ2v) is 25.0. The third-order valence-corrected chi connectivity index (χ3v) is 17.3. The number of hydrogen-bond donors (Lipinski definition) is 5. The van der Waals surface area contributed by atoms with Gasteiger partial charge in [-0.25, -0.2) is 0 Å². The van der Waals surface area contributed by atoms with Crippen LogP contribution in [-0.4, -0.2) is 103 Å². The Hall–Kier alpha value is -11.5. The van der Waals surface area contributed by atoms with Gasteiger partial charge in [0.05, 0.1) is 29.4 Å². The summed E-state index contributed by atoms with van der Waals surface area (Å²) in [7, 11) is 5.14. The van der Waals surface area contributed by atoms with Gasteiger partial charge in [0, 0.05) is 130 Å². The maximum absolute atomic E-state index is 13.3. The van der Waals surface area contributed by atoms with Crippen LogP contribution in [0.5, 0.6) is 5.75 Å². The number of para-hydroxylation sites is 2. The van der Waals surface area contributed by atoms with Gasteiger partial charge in [-0.15, -0.1) is 0 Å². The van der Waals surface area contributed by atoms with E-state index in [-0.39, 0.29) is 5.71 Å². The number of carbonyl (C=O) groups excluding carboxylic acids is 8. The summed E-state index contributed by atoms with van der Waals surface area (Å²) < 4.78 is 8.71. The van der Waals surface area contributed by atoms with Crippen LogP contribution in [0.1, 0.15) is 75.0 Å². The molecular weight excluding hydrogens is 1380 g/mol. The molecule has 0 aliphatic heterocycles.